The molecule has 0 aliphatic carbocycles. The Kier molecular flexibility index (Phi) is 6.08. The van der Waals surface area contributed by atoms with E-state index in [1.807, 2.05) is 60.7 Å². The summed E-state index contributed by atoms with van der Waals surface area (Å²) in [5, 5.41) is 0.0532. The van der Waals surface area contributed by atoms with Crippen molar-refractivity contribution in [3.05, 3.63) is 71.8 Å². The lowest BCUT2D eigenvalue weighted by Crippen LogP contribution is -2.32. The molecule has 1 heterocycles. The van der Waals surface area contributed by atoms with Gasteiger partial charge in [-0.25, -0.2) is 4.39 Å². The van der Waals surface area contributed by atoms with Crippen molar-refractivity contribution in [1.82, 2.24) is 0 Å². The molecule has 0 saturated carbocycles. The molecule has 1 saturated heterocycles. The Morgan fingerprint density at radius 1 is 0.913 bits per heavy atom. The van der Waals surface area contributed by atoms with Crippen molar-refractivity contribution in [2.45, 2.75) is 30.7 Å². The van der Waals surface area contributed by atoms with Crippen molar-refractivity contribution in [1.29, 1.82) is 0 Å². The molecule has 0 amide bonds. The molecular formula is C19H21FO2S. The van der Waals surface area contributed by atoms with Crippen LogP contribution in [0.3, 0.4) is 0 Å². The number of thioether (sulfide) groups is 1. The van der Waals surface area contributed by atoms with Crippen molar-refractivity contribution < 1.29 is 13.9 Å². The summed E-state index contributed by atoms with van der Waals surface area (Å²) in [7, 11) is 0. The van der Waals surface area contributed by atoms with Crippen LogP contribution in [0, 0.1) is 0 Å². The van der Waals surface area contributed by atoms with Gasteiger partial charge in [0.25, 0.3) is 0 Å². The number of halogens is 1. The Morgan fingerprint density at radius 3 is 2.17 bits per heavy atom. The molecule has 0 bridgehead atoms. The summed E-state index contributed by atoms with van der Waals surface area (Å²) in [6, 6.07) is 19.9. The van der Waals surface area contributed by atoms with Gasteiger partial charge in [0.1, 0.15) is 12.3 Å². The Morgan fingerprint density at radius 2 is 1.52 bits per heavy atom. The van der Waals surface area contributed by atoms with Crippen LogP contribution in [0.4, 0.5) is 4.39 Å². The number of ether oxygens (including phenoxy) is 2. The molecule has 2 aromatic rings. The fraction of sp³-hybridized carbons (Fsp3) is 0.368. The molecule has 1 fully saturated rings. The average molecular weight is 332 g/mol. The quantitative estimate of drug-likeness (QED) is 0.755. The molecule has 2 aromatic carbocycles. The lowest BCUT2D eigenvalue weighted by molar-refractivity contribution is -0.0167. The molecular weight excluding hydrogens is 311 g/mol. The molecule has 3 rings (SSSR count). The minimum absolute atomic E-state index is 0.0532. The van der Waals surface area contributed by atoms with Gasteiger partial charge in [0, 0.05) is 5.75 Å². The van der Waals surface area contributed by atoms with Crippen molar-refractivity contribution in [2.24, 2.45) is 0 Å². The van der Waals surface area contributed by atoms with E-state index in [0.717, 1.165) is 11.1 Å². The van der Waals surface area contributed by atoms with E-state index in [2.05, 4.69) is 0 Å². The van der Waals surface area contributed by atoms with E-state index < -0.39 is 12.3 Å². The van der Waals surface area contributed by atoms with E-state index in [9.17, 15) is 4.39 Å². The lowest BCUT2D eigenvalue weighted by Gasteiger charge is -2.21. The van der Waals surface area contributed by atoms with E-state index in [4.69, 9.17) is 9.47 Å². The largest absolute Gasteiger partial charge is 0.376 e. The van der Waals surface area contributed by atoms with Crippen molar-refractivity contribution in [3.63, 3.8) is 0 Å². The maximum Gasteiger partial charge on any atom is 0.136 e. The standard InChI is InChI=1S/C19H21FO2S/c20-17-14-23-18(13-21-11-15-7-3-1-4-8-15)19(17)22-12-16-9-5-2-6-10-16/h1-10,17-19H,11-14H2/t17-,18-,19+/m1/s1. The Balaban J connectivity index is 1.48. The highest BCUT2D eigenvalue weighted by Crippen LogP contribution is 2.32. The van der Waals surface area contributed by atoms with Crippen LogP contribution in [0.5, 0.6) is 0 Å². The van der Waals surface area contributed by atoms with Crippen LogP contribution in [0.1, 0.15) is 11.1 Å². The molecule has 0 unspecified atom stereocenters. The average Bonchev–Trinajstić information content (AvgIpc) is 2.95. The zero-order chi connectivity index (χ0) is 15.9. The van der Waals surface area contributed by atoms with Gasteiger partial charge in [-0.3, -0.25) is 0 Å². The molecule has 3 atom stereocenters. The Hall–Kier alpha value is -1.36. The van der Waals surface area contributed by atoms with Crippen molar-refractivity contribution in [3.8, 4) is 0 Å². The zero-order valence-corrected chi connectivity index (χ0v) is 13.8. The summed E-state index contributed by atoms with van der Waals surface area (Å²) in [6.45, 7) is 1.52. The number of hydrogen-bond acceptors (Lipinski definition) is 3. The maximum atomic E-state index is 14.1. The number of rotatable bonds is 7. The van der Waals surface area contributed by atoms with Crippen LogP contribution in [0.2, 0.25) is 0 Å². The highest BCUT2D eigenvalue weighted by molar-refractivity contribution is 8.00. The second kappa shape index (κ2) is 8.48. The highest BCUT2D eigenvalue weighted by atomic mass is 32.2. The molecule has 1 aliphatic heterocycles. The smallest absolute Gasteiger partial charge is 0.136 e. The summed E-state index contributed by atoms with van der Waals surface area (Å²) < 4.78 is 25.7. The van der Waals surface area contributed by atoms with E-state index in [1.165, 1.54) is 0 Å². The Bertz CT molecular complexity index is 578. The number of alkyl halides is 1. The van der Waals surface area contributed by atoms with Crippen LogP contribution in [0.15, 0.2) is 60.7 Å². The zero-order valence-electron chi connectivity index (χ0n) is 12.9. The van der Waals surface area contributed by atoms with Crippen LogP contribution >= 0.6 is 11.8 Å². The third-order valence-electron chi connectivity index (χ3n) is 3.87. The molecule has 2 nitrogen and oxygen atoms in total. The first kappa shape index (κ1) is 16.5. The first-order valence-electron chi connectivity index (χ1n) is 7.86. The third kappa shape index (κ3) is 4.80. The van der Waals surface area contributed by atoms with E-state index in [-0.39, 0.29) is 5.25 Å². The Labute approximate surface area is 141 Å². The number of hydrogen-bond donors (Lipinski definition) is 0. The second-order valence-corrected chi connectivity index (χ2v) is 6.92. The van der Waals surface area contributed by atoms with Gasteiger partial charge in [0.05, 0.1) is 25.1 Å². The predicted octanol–water partition coefficient (Wildman–Crippen LogP) is 4.24. The van der Waals surface area contributed by atoms with Gasteiger partial charge in [-0.15, -0.1) is 0 Å². The monoisotopic (exact) mass is 332 g/mol. The van der Waals surface area contributed by atoms with Gasteiger partial charge in [0.15, 0.2) is 0 Å². The topological polar surface area (TPSA) is 18.5 Å². The first-order chi connectivity index (χ1) is 11.3. The van der Waals surface area contributed by atoms with E-state index in [1.54, 1.807) is 11.8 Å². The molecule has 1 aliphatic rings. The fourth-order valence-corrected chi connectivity index (χ4v) is 3.88. The van der Waals surface area contributed by atoms with Crippen LogP contribution in [-0.2, 0) is 22.7 Å². The van der Waals surface area contributed by atoms with Crippen molar-refractivity contribution in [2.75, 3.05) is 12.4 Å². The second-order valence-electron chi connectivity index (χ2n) is 5.65. The van der Waals surface area contributed by atoms with Gasteiger partial charge in [-0.05, 0) is 11.1 Å². The lowest BCUT2D eigenvalue weighted by atomic mass is 10.1. The van der Waals surface area contributed by atoms with Crippen LogP contribution in [-0.4, -0.2) is 29.9 Å². The number of benzene rings is 2. The highest BCUT2D eigenvalue weighted by Gasteiger charge is 2.38. The summed E-state index contributed by atoms with van der Waals surface area (Å²) in [4.78, 5) is 0. The molecule has 4 heteroatoms. The molecule has 0 spiro atoms. The molecule has 0 aromatic heterocycles. The van der Waals surface area contributed by atoms with E-state index >= 15 is 0 Å². The van der Waals surface area contributed by atoms with Gasteiger partial charge < -0.3 is 9.47 Å². The summed E-state index contributed by atoms with van der Waals surface area (Å²) in [5.74, 6) is 0.485. The van der Waals surface area contributed by atoms with Crippen molar-refractivity contribution >= 4 is 11.8 Å². The van der Waals surface area contributed by atoms with Crippen LogP contribution < -0.4 is 0 Å². The SMILES string of the molecule is F[C@@H]1CS[C@H](COCc2ccccc2)[C@H]1OCc1ccccc1. The summed E-state index contributed by atoms with van der Waals surface area (Å²) in [5.41, 5.74) is 2.20. The van der Waals surface area contributed by atoms with Gasteiger partial charge in [-0.1, -0.05) is 60.7 Å². The summed E-state index contributed by atoms with van der Waals surface area (Å²) >= 11 is 1.60. The minimum Gasteiger partial charge on any atom is -0.376 e. The van der Waals surface area contributed by atoms with Crippen LogP contribution in [0.25, 0.3) is 0 Å². The minimum atomic E-state index is -0.922. The van der Waals surface area contributed by atoms with E-state index in [0.29, 0.717) is 25.6 Å². The third-order valence-corrected chi connectivity index (χ3v) is 5.21. The van der Waals surface area contributed by atoms with Gasteiger partial charge in [0.2, 0.25) is 0 Å². The fourth-order valence-electron chi connectivity index (χ4n) is 2.63. The molecule has 122 valence electrons. The summed E-state index contributed by atoms with van der Waals surface area (Å²) in [6.07, 6.45) is -1.31. The van der Waals surface area contributed by atoms with Gasteiger partial charge in [-0.2, -0.15) is 11.8 Å². The maximum absolute atomic E-state index is 14.1. The molecule has 0 radical (unpaired) electrons. The first-order valence-corrected chi connectivity index (χ1v) is 8.90. The predicted molar refractivity (Wildman–Crippen MR) is 92.3 cm³/mol. The normalized spacial score (nSPS) is 24.0. The molecule has 0 N–H and O–H groups in total. The van der Waals surface area contributed by atoms with Gasteiger partial charge >= 0.3 is 0 Å². The molecule has 23 heavy (non-hydrogen) atoms.